The Bertz CT molecular complexity index is 58.6. The molecule has 0 spiro atoms. The first-order valence-corrected chi connectivity index (χ1v) is 1.31. The molecule has 2 heteroatoms. The fourth-order valence-electron chi connectivity index (χ4n) is 0. The molecule has 0 aliphatic rings. The summed E-state index contributed by atoms with van der Waals surface area (Å²) in [6, 6.07) is 0. The predicted molar refractivity (Wildman–Crippen MR) is 20.5 cm³/mol. The van der Waals surface area contributed by atoms with E-state index in [-0.39, 0.29) is 51.4 Å². The Labute approximate surface area is 80.2 Å². The van der Waals surface area contributed by atoms with E-state index in [4.69, 9.17) is 0 Å². The molecule has 0 radical (unpaired) electrons. The Morgan fingerprint density at radius 2 is 2.00 bits per heavy atom. The normalized spacial score (nSPS) is 5.50. The maximum atomic E-state index is 9.28. The molecule has 0 aromatic rings. The summed E-state index contributed by atoms with van der Waals surface area (Å²) in [5, 5.41) is 0. The Balaban J connectivity index is 0. The van der Waals surface area contributed by atoms with Crippen LogP contribution in [0.4, 0.5) is 0 Å². The maximum absolute atomic E-state index is 9.28. The van der Waals surface area contributed by atoms with Crippen LogP contribution in [0.2, 0.25) is 0 Å². The van der Waals surface area contributed by atoms with E-state index in [1.165, 1.54) is 0 Å². The molecule has 0 saturated carbocycles. The summed E-state index contributed by atoms with van der Waals surface area (Å²) in [5.41, 5.74) is 0.449. The van der Waals surface area contributed by atoms with Gasteiger partial charge < -0.3 is 4.79 Å². The molecular weight excluding hydrogens is 103 g/mol. The Morgan fingerprint density at radius 3 is 2.00 bits per heavy atom. The van der Waals surface area contributed by atoms with Crippen molar-refractivity contribution in [3.63, 3.8) is 0 Å². The van der Waals surface area contributed by atoms with Gasteiger partial charge in [-0.2, -0.15) is 5.57 Å². The minimum Gasteiger partial charge on any atom is -0.419 e. The summed E-state index contributed by atoms with van der Waals surface area (Å²) in [4.78, 5) is 9.28. The minimum absolute atomic E-state index is 0. The molecule has 0 aliphatic heterocycles. The largest absolute Gasteiger partial charge is 1.00 e. The summed E-state index contributed by atoms with van der Waals surface area (Å²) in [6.45, 7) is 4.85. The molecule has 0 heterocycles. The standard InChI is InChI=1S/C4H5O.K/c1-4(2)3-5;/h1H2,2H3;/q-1;+1. The van der Waals surface area contributed by atoms with Gasteiger partial charge in [0.1, 0.15) is 0 Å². The number of rotatable bonds is 1. The quantitative estimate of drug-likeness (QED) is 0.209. The zero-order valence-electron chi connectivity index (χ0n) is 4.12. The Kier molecular flexibility index (Phi) is 10.2. The van der Waals surface area contributed by atoms with Crippen molar-refractivity contribution >= 4 is 6.29 Å². The molecule has 28 valence electrons. The number of hydrogen-bond acceptors (Lipinski definition) is 1. The molecule has 0 aromatic carbocycles. The molecule has 0 amide bonds. The third-order valence-electron chi connectivity index (χ3n) is 0.174. The molecule has 0 aromatic heterocycles. The monoisotopic (exact) mass is 108 g/mol. The van der Waals surface area contributed by atoms with Crippen molar-refractivity contribution in [3.8, 4) is 0 Å². The van der Waals surface area contributed by atoms with Gasteiger partial charge in [0, 0.05) is 0 Å². The van der Waals surface area contributed by atoms with Gasteiger partial charge in [-0.05, 0) is 6.29 Å². The van der Waals surface area contributed by atoms with Crippen LogP contribution >= 0.6 is 0 Å². The van der Waals surface area contributed by atoms with Crippen molar-refractivity contribution < 1.29 is 56.2 Å². The molecule has 0 N–H and O–H groups in total. The average Bonchev–Trinajstić information content (AvgIpc) is 1.38. The zero-order valence-corrected chi connectivity index (χ0v) is 7.24. The van der Waals surface area contributed by atoms with E-state index < -0.39 is 0 Å². The third-order valence-corrected chi connectivity index (χ3v) is 0.174. The molecule has 6 heavy (non-hydrogen) atoms. The fourth-order valence-corrected chi connectivity index (χ4v) is 0. The first-order valence-electron chi connectivity index (χ1n) is 1.31. The van der Waals surface area contributed by atoms with Crippen LogP contribution in [0.5, 0.6) is 0 Å². The van der Waals surface area contributed by atoms with Crippen molar-refractivity contribution in [2.75, 3.05) is 0 Å². The number of carbonyl (C=O) groups excluding carboxylic acids is 1. The molecule has 0 saturated heterocycles. The SMILES string of the molecule is C=C(C)[C-]=O.[K+]. The van der Waals surface area contributed by atoms with Crippen LogP contribution in [0.1, 0.15) is 6.92 Å². The summed E-state index contributed by atoms with van der Waals surface area (Å²) < 4.78 is 0. The first kappa shape index (κ1) is 10.1. The van der Waals surface area contributed by atoms with Crippen LogP contribution in [0.3, 0.4) is 0 Å². The Morgan fingerprint density at radius 1 is 1.83 bits per heavy atom. The van der Waals surface area contributed by atoms with Crippen LogP contribution in [0.15, 0.2) is 12.2 Å². The van der Waals surface area contributed by atoms with E-state index in [9.17, 15) is 4.79 Å². The second kappa shape index (κ2) is 6.05. The van der Waals surface area contributed by atoms with Crippen LogP contribution < -0.4 is 51.4 Å². The molecular formula is C4H5KO. The van der Waals surface area contributed by atoms with Gasteiger partial charge in [-0.25, -0.2) is 6.58 Å². The van der Waals surface area contributed by atoms with Gasteiger partial charge in [0.05, 0.1) is 0 Å². The molecule has 0 aliphatic carbocycles. The zero-order chi connectivity index (χ0) is 4.28. The molecule has 0 unspecified atom stereocenters. The van der Waals surface area contributed by atoms with Gasteiger partial charge in [0.25, 0.3) is 0 Å². The maximum Gasteiger partial charge on any atom is 1.00 e. The number of hydrogen-bond donors (Lipinski definition) is 0. The topological polar surface area (TPSA) is 17.1 Å². The second-order valence-electron chi connectivity index (χ2n) is 0.882. The van der Waals surface area contributed by atoms with Gasteiger partial charge >= 0.3 is 51.4 Å². The predicted octanol–water partition coefficient (Wildman–Crippen LogP) is -2.32. The number of allylic oxidation sites excluding steroid dienone is 1. The van der Waals surface area contributed by atoms with Crippen molar-refractivity contribution in [3.05, 3.63) is 12.2 Å². The van der Waals surface area contributed by atoms with E-state index in [0.717, 1.165) is 0 Å². The summed E-state index contributed by atoms with van der Waals surface area (Å²) in [6.07, 6.45) is 1.58. The van der Waals surface area contributed by atoms with Gasteiger partial charge in [-0.1, -0.05) is 6.92 Å². The van der Waals surface area contributed by atoms with E-state index in [1.54, 1.807) is 13.2 Å². The minimum atomic E-state index is 0. The molecule has 0 rings (SSSR count). The van der Waals surface area contributed by atoms with Crippen molar-refractivity contribution in [2.24, 2.45) is 0 Å². The van der Waals surface area contributed by atoms with E-state index in [2.05, 4.69) is 6.58 Å². The van der Waals surface area contributed by atoms with E-state index in [1.807, 2.05) is 0 Å². The van der Waals surface area contributed by atoms with E-state index in [0.29, 0.717) is 5.57 Å². The second-order valence-corrected chi connectivity index (χ2v) is 0.882. The molecule has 1 nitrogen and oxygen atoms in total. The smallest absolute Gasteiger partial charge is 0.419 e. The van der Waals surface area contributed by atoms with Crippen molar-refractivity contribution in [1.82, 2.24) is 0 Å². The average molecular weight is 108 g/mol. The van der Waals surface area contributed by atoms with Gasteiger partial charge in [-0.15, -0.1) is 0 Å². The van der Waals surface area contributed by atoms with Crippen molar-refractivity contribution in [1.29, 1.82) is 0 Å². The fraction of sp³-hybridized carbons (Fsp3) is 0.250. The molecule has 0 fully saturated rings. The van der Waals surface area contributed by atoms with Gasteiger partial charge in [0.2, 0.25) is 0 Å². The van der Waals surface area contributed by atoms with E-state index >= 15 is 0 Å². The summed E-state index contributed by atoms with van der Waals surface area (Å²) in [5.74, 6) is 0. The summed E-state index contributed by atoms with van der Waals surface area (Å²) in [7, 11) is 0. The third kappa shape index (κ3) is 8.90. The summed E-state index contributed by atoms with van der Waals surface area (Å²) >= 11 is 0. The van der Waals surface area contributed by atoms with Gasteiger partial charge in [-0.3, -0.25) is 0 Å². The van der Waals surface area contributed by atoms with Crippen LogP contribution in [0.25, 0.3) is 0 Å². The van der Waals surface area contributed by atoms with Crippen LogP contribution in [-0.4, -0.2) is 6.29 Å². The van der Waals surface area contributed by atoms with Crippen LogP contribution in [-0.2, 0) is 4.79 Å². The Hall–Kier alpha value is 1.05. The first-order chi connectivity index (χ1) is 2.27. The van der Waals surface area contributed by atoms with Crippen LogP contribution in [0, 0.1) is 0 Å². The van der Waals surface area contributed by atoms with Gasteiger partial charge in [0.15, 0.2) is 0 Å². The molecule has 0 bridgehead atoms. The van der Waals surface area contributed by atoms with Crippen molar-refractivity contribution in [2.45, 2.75) is 6.92 Å². The molecule has 0 atom stereocenters.